The van der Waals surface area contributed by atoms with E-state index in [2.05, 4.69) is 5.32 Å². The zero-order valence-electron chi connectivity index (χ0n) is 8.79. The molecule has 1 aromatic rings. The summed E-state index contributed by atoms with van der Waals surface area (Å²) < 4.78 is 0. The van der Waals surface area contributed by atoms with E-state index in [1.165, 1.54) is 0 Å². The molecule has 0 aliphatic heterocycles. The summed E-state index contributed by atoms with van der Waals surface area (Å²) in [5, 5.41) is 2.96. The molecule has 0 unspecified atom stereocenters. The first-order chi connectivity index (χ1) is 6.74. The lowest BCUT2D eigenvalue weighted by Crippen LogP contribution is -2.25. The summed E-state index contributed by atoms with van der Waals surface area (Å²) in [6.45, 7) is 4.01. The second-order valence-corrected chi connectivity index (χ2v) is 3.45. The highest BCUT2D eigenvalue weighted by Gasteiger charge is 2.07. The molecule has 0 heterocycles. The lowest BCUT2D eigenvalue weighted by molar-refractivity contribution is -0.121. The van der Waals surface area contributed by atoms with Crippen LogP contribution in [-0.2, 0) is 4.79 Å². The van der Waals surface area contributed by atoms with E-state index in [4.69, 9.17) is 0 Å². The quantitative estimate of drug-likeness (QED) is 0.778. The first kappa shape index (κ1) is 10.8. The van der Waals surface area contributed by atoms with Crippen molar-refractivity contribution in [3.05, 3.63) is 35.9 Å². The van der Waals surface area contributed by atoms with Crippen molar-refractivity contribution in [3.8, 4) is 0 Å². The van der Waals surface area contributed by atoms with Crippen molar-refractivity contribution in [1.82, 2.24) is 5.32 Å². The molecule has 1 aromatic carbocycles. The molecule has 2 nitrogen and oxygen atoms in total. The average molecular weight is 191 g/mol. The highest BCUT2D eigenvalue weighted by Crippen LogP contribution is 2.11. The molecule has 14 heavy (non-hydrogen) atoms. The van der Waals surface area contributed by atoms with Crippen molar-refractivity contribution in [3.63, 3.8) is 0 Å². The van der Waals surface area contributed by atoms with E-state index in [-0.39, 0.29) is 11.9 Å². The van der Waals surface area contributed by atoms with Crippen LogP contribution in [0.1, 0.15) is 38.3 Å². The normalized spacial score (nSPS) is 12.1. The van der Waals surface area contributed by atoms with Crippen LogP contribution in [0.15, 0.2) is 30.3 Å². The number of carbonyl (C=O) groups excluding carboxylic acids is 1. The third kappa shape index (κ3) is 3.21. The van der Waals surface area contributed by atoms with Gasteiger partial charge in [0.05, 0.1) is 6.04 Å². The number of amides is 1. The van der Waals surface area contributed by atoms with Gasteiger partial charge in [0.25, 0.3) is 0 Å². The van der Waals surface area contributed by atoms with E-state index in [1.807, 2.05) is 44.2 Å². The molecule has 1 N–H and O–H groups in total. The number of hydrogen-bond donors (Lipinski definition) is 1. The zero-order chi connectivity index (χ0) is 10.4. The Morgan fingerprint density at radius 2 is 2.00 bits per heavy atom. The predicted molar refractivity (Wildman–Crippen MR) is 57.9 cm³/mol. The summed E-state index contributed by atoms with van der Waals surface area (Å²) in [5.41, 5.74) is 1.15. The average Bonchev–Trinajstić information content (AvgIpc) is 2.19. The van der Waals surface area contributed by atoms with Crippen LogP contribution in [0.5, 0.6) is 0 Å². The molecule has 2 heteroatoms. The van der Waals surface area contributed by atoms with Gasteiger partial charge in [-0.1, -0.05) is 37.3 Å². The second kappa shape index (κ2) is 5.43. The molecule has 0 aromatic heterocycles. The molecule has 0 spiro atoms. The summed E-state index contributed by atoms with van der Waals surface area (Å²) >= 11 is 0. The molecule has 0 aliphatic rings. The van der Waals surface area contributed by atoms with E-state index in [0.29, 0.717) is 6.42 Å². The molecule has 0 radical (unpaired) electrons. The molecule has 1 amide bonds. The third-order valence-corrected chi connectivity index (χ3v) is 2.15. The Morgan fingerprint density at radius 3 is 2.57 bits per heavy atom. The van der Waals surface area contributed by atoms with Crippen LogP contribution >= 0.6 is 0 Å². The number of benzene rings is 1. The summed E-state index contributed by atoms with van der Waals surface area (Å²) in [6.07, 6.45) is 1.50. The fraction of sp³-hybridized carbons (Fsp3) is 0.417. The van der Waals surface area contributed by atoms with Crippen LogP contribution in [0.3, 0.4) is 0 Å². The van der Waals surface area contributed by atoms with Crippen LogP contribution in [-0.4, -0.2) is 5.91 Å². The van der Waals surface area contributed by atoms with E-state index < -0.39 is 0 Å². The molecular formula is C12H17NO. The van der Waals surface area contributed by atoms with Gasteiger partial charge in [0.2, 0.25) is 5.91 Å². The third-order valence-electron chi connectivity index (χ3n) is 2.15. The maximum Gasteiger partial charge on any atom is 0.220 e. The molecule has 0 fully saturated rings. The Balaban J connectivity index is 2.50. The summed E-state index contributed by atoms with van der Waals surface area (Å²) in [7, 11) is 0. The molecule has 0 saturated carbocycles. The van der Waals surface area contributed by atoms with Crippen LogP contribution in [0, 0.1) is 0 Å². The largest absolute Gasteiger partial charge is 0.350 e. The van der Waals surface area contributed by atoms with Crippen LogP contribution in [0.4, 0.5) is 0 Å². The fourth-order valence-corrected chi connectivity index (χ4v) is 1.37. The minimum atomic E-state index is 0.107. The van der Waals surface area contributed by atoms with Crippen LogP contribution in [0.25, 0.3) is 0 Å². The van der Waals surface area contributed by atoms with Gasteiger partial charge in [0.15, 0.2) is 0 Å². The van der Waals surface area contributed by atoms with Crippen molar-refractivity contribution in [1.29, 1.82) is 0 Å². The van der Waals surface area contributed by atoms with E-state index in [1.54, 1.807) is 0 Å². The molecule has 0 aliphatic carbocycles. The van der Waals surface area contributed by atoms with Gasteiger partial charge in [-0.2, -0.15) is 0 Å². The zero-order valence-corrected chi connectivity index (χ0v) is 8.79. The number of carbonyl (C=O) groups is 1. The number of hydrogen-bond acceptors (Lipinski definition) is 1. The van der Waals surface area contributed by atoms with Gasteiger partial charge >= 0.3 is 0 Å². The first-order valence-electron chi connectivity index (χ1n) is 5.08. The van der Waals surface area contributed by atoms with E-state index >= 15 is 0 Å². The minimum absolute atomic E-state index is 0.107. The highest BCUT2D eigenvalue weighted by atomic mass is 16.1. The Morgan fingerprint density at radius 1 is 1.36 bits per heavy atom. The smallest absolute Gasteiger partial charge is 0.220 e. The monoisotopic (exact) mass is 191 g/mol. The van der Waals surface area contributed by atoms with Crippen LogP contribution < -0.4 is 5.32 Å². The Kier molecular flexibility index (Phi) is 4.17. The maximum atomic E-state index is 11.3. The van der Waals surface area contributed by atoms with E-state index in [9.17, 15) is 4.79 Å². The highest BCUT2D eigenvalue weighted by molar-refractivity contribution is 5.76. The Bertz CT molecular complexity index is 282. The molecular weight excluding hydrogens is 174 g/mol. The van der Waals surface area contributed by atoms with Gasteiger partial charge in [-0.05, 0) is 18.9 Å². The number of rotatable bonds is 4. The predicted octanol–water partition coefficient (Wildman–Crippen LogP) is 2.66. The summed E-state index contributed by atoms with van der Waals surface area (Å²) in [4.78, 5) is 11.3. The van der Waals surface area contributed by atoms with Crippen molar-refractivity contribution in [2.24, 2.45) is 0 Å². The van der Waals surface area contributed by atoms with Gasteiger partial charge in [0.1, 0.15) is 0 Å². The topological polar surface area (TPSA) is 29.1 Å². The van der Waals surface area contributed by atoms with Crippen molar-refractivity contribution >= 4 is 5.91 Å². The van der Waals surface area contributed by atoms with Gasteiger partial charge in [-0.3, -0.25) is 4.79 Å². The standard InChI is InChI=1S/C12H17NO/c1-3-7-12(14)13-10(2)11-8-5-4-6-9-11/h4-6,8-10H,3,7H2,1-2H3,(H,13,14)/t10-/m1/s1. The second-order valence-electron chi connectivity index (χ2n) is 3.45. The lowest BCUT2D eigenvalue weighted by Gasteiger charge is -2.13. The maximum absolute atomic E-state index is 11.3. The molecule has 1 rings (SSSR count). The molecule has 1 atom stereocenters. The SMILES string of the molecule is CCCC(=O)N[C@H](C)c1ccccc1. The van der Waals surface area contributed by atoms with E-state index in [0.717, 1.165) is 12.0 Å². The van der Waals surface area contributed by atoms with Crippen molar-refractivity contribution in [2.75, 3.05) is 0 Å². The van der Waals surface area contributed by atoms with Gasteiger partial charge in [-0.25, -0.2) is 0 Å². The van der Waals surface area contributed by atoms with Crippen molar-refractivity contribution in [2.45, 2.75) is 32.7 Å². The van der Waals surface area contributed by atoms with Crippen LogP contribution in [0.2, 0.25) is 0 Å². The molecule has 76 valence electrons. The molecule has 0 bridgehead atoms. The fourth-order valence-electron chi connectivity index (χ4n) is 1.37. The van der Waals surface area contributed by atoms with Crippen molar-refractivity contribution < 1.29 is 4.79 Å². The Labute approximate surface area is 85.3 Å². The Hall–Kier alpha value is -1.31. The minimum Gasteiger partial charge on any atom is -0.350 e. The first-order valence-corrected chi connectivity index (χ1v) is 5.08. The number of nitrogens with one attached hydrogen (secondary N) is 1. The summed E-state index contributed by atoms with van der Waals surface area (Å²) in [5.74, 6) is 0.129. The summed E-state index contributed by atoms with van der Waals surface area (Å²) in [6, 6.07) is 10.1. The van der Waals surface area contributed by atoms with Gasteiger partial charge in [0, 0.05) is 6.42 Å². The lowest BCUT2D eigenvalue weighted by atomic mass is 10.1. The van der Waals surface area contributed by atoms with Gasteiger partial charge < -0.3 is 5.32 Å². The molecule has 0 saturated heterocycles. The van der Waals surface area contributed by atoms with Gasteiger partial charge in [-0.15, -0.1) is 0 Å².